The van der Waals surface area contributed by atoms with Gasteiger partial charge in [0.2, 0.25) is 5.91 Å². The molecule has 0 N–H and O–H groups in total. The lowest BCUT2D eigenvalue weighted by molar-refractivity contribution is -0.140. The van der Waals surface area contributed by atoms with Gasteiger partial charge in [0.05, 0.1) is 6.61 Å². The number of esters is 1. The Morgan fingerprint density at radius 3 is 2.17 bits per heavy atom. The van der Waals surface area contributed by atoms with E-state index in [0.29, 0.717) is 12.2 Å². The maximum atomic E-state index is 11.5. The number of carbonyl (C=O) groups excluding carboxylic acids is 2. The van der Waals surface area contributed by atoms with Crippen LogP contribution in [0.25, 0.3) is 0 Å². The highest BCUT2D eigenvalue weighted by Gasteiger charge is 2.14. The summed E-state index contributed by atoms with van der Waals surface area (Å²) in [5.74, 6) is -0.716. The Bertz CT molecular complexity index is 331. The molecule has 0 rings (SSSR count). The first-order valence-electron chi connectivity index (χ1n) is 5.84. The van der Waals surface area contributed by atoms with Crippen molar-refractivity contribution in [2.75, 3.05) is 27.3 Å². The standard InChI is InChI=1S/C12H23NO4Si/c1-10(9-11(14)13(2)3)12(15)16-7-8-17-18(4,5)6/h9H,7-8H2,1-6H3/b10-9+. The molecule has 0 aromatic rings. The molecule has 5 nitrogen and oxygen atoms in total. The highest BCUT2D eigenvalue weighted by atomic mass is 28.4. The molecule has 0 aliphatic heterocycles. The van der Waals surface area contributed by atoms with Gasteiger partial charge in [-0.25, -0.2) is 4.79 Å². The molecule has 0 unspecified atom stereocenters. The highest BCUT2D eigenvalue weighted by molar-refractivity contribution is 6.69. The van der Waals surface area contributed by atoms with E-state index in [1.54, 1.807) is 21.0 Å². The van der Waals surface area contributed by atoms with E-state index in [9.17, 15) is 9.59 Å². The van der Waals surface area contributed by atoms with Gasteiger partial charge in [-0.3, -0.25) is 4.79 Å². The van der Waals surface area contributed by atoms with E-state index in [0.717, 1.165) is 0 Å². The van der Waals surface area contributed by atoms with Gasteiger partial charge < -0.3 is 14.1 Å². The maximum absolute atomic E-state index is 11.5. The van der Waals surface area contributed by atoms with Crippen molar-refractivity contribution in [1.82, 2.24) is 4.90 Å². The van der Waals surface area contributed by atoms with Gasteiger partial charge in [-0.2, -0.15) is 0 Å². The second-order valence-electron chi connectivity index (χ2n) is 5.16. The van der Waals surface area contributed by atoms with Crippen LogP contribution in [0.1, 0.15) is 6.92 Å². The summed E-state index contributed by atoms with van der Waals surface area (Å²) < 4.78 is 10.5. The zero-order valence-corrected chi connectivity index (χ0v) is 13.1. The molecule has 0 saturated carbocycles. The smallest absolute Gasteiger partial charge is 0.333 e. The minimum Gasteiger partial charge on any atom is -0.460 e. The second-order valence-corrected chi connectivity index (χ2v) is 9.67. The Labute approximate surface area is 110 Å². The van der Waals surface area contributed by atoms with Crippen molar-refractivity contribution in [2.45, 2.75) is 26.6 Å². The van der Waals surface area contributed by atoms with Gasteiger partial charge in [0.15, 0.2) is 8.32 Å². The number of likely N-dealkylation sites (N-methyl/N-ethyl adjacent to an activating group) is 1. The van der Waals surface area contributed by atoms with Crippen molar-refractivity contribution in [3.63, 3.8) is 0 Å². The number of amides is 1. The summed E-state index contributed by atoms with van der Waals surface area (Å²) in [7, 11) is 1.68. The van der Waals surface area contributed by atoms with E-state index in [1.165, 1.54) is 11.0 Å². The summed E-state index contributed by atoms with van der Waals surface area (Å²) in [5.41, 5.74) is 0.293. The number of hydrogen-bond acceptors (Lipinski definition) is 4. The maximum Gasteiger partial charge on any atom is 0.333 e. The SMILES string of the molecule is C/C(=C\C(=O)N(C)C)C(=O)OCCO[Si](C)(C)C. The third kappa shape index (κ3) is 8.02. The lowest BCUT2D eigenvalue weighted by Gasteiger charge is -2.16. The quantitative estimate of drug-likeness (QED) is 0.318. The fraction of sp³-hybridized carbons (Fsp3) is 0.667. The Balaban J connectivity index is 4.07. The van der Waals surface area contributed by atoms with Crippen LogP contribution in [0.4, 0.5) is 0 Å². The van der Waals surface area contributed by atoms with E-state index in [1.807, 2.05) is 0 Å². The fourth-order valence-electron chi connectivity index (χ4n) is 0.969. The summed E-state index contributed by atoms with van der Waals surface area (Å²) in [6.07, 6.45) is 1.27. The molecular weight excluding hydrogens is 250 g/mol. The monoisotopic (exact) mass is 273 g/mol. The van der Waals surface area contributed by atoms with Gasteiger partial charge >= 0.3 is 5.97 Å². The van der Waals surface area contributed by atoms with E-state index < -0.39 is 14.3 Å². The summed E-state index contributed by atoms with van der Waals surface area (Å²) >= 11 is 0. The number of ether oxygens (including phenoxy) is 1. The van der Waals surface area contributed by atoms with Crippen LogP contribution in [-0.4, -0.2) is 52.4 Å². The van der Waals surface area contributed by atoms with E-state index in [-0.39, 0.29) is 12.5 Å². The van der Waals surface area contributed by atoms with Crippen LogP contribution < -0.4 is 0 Å². The Morgan fingerprint density at radius 1 is 1.17 bits per heavy atom. The van der Waals surface area contributed by atoms with Gasteiger partial charge in [0.25, 0.3) is 0 Å². The topological polar surface area (TPSA) is 55.8 Å². The second kappa shape index (κ2) is 7.33. The van der Waals surface area contributed by atoms with Crippen LogP contribution in [0, 0.1) is 0 Å². The van der Waals surface area contributed by atoms with Crippen molar-refractivity contribution >= 4 is 20.2 Å². The zero-order valence-electron chi connectivity index (χ0n) is 12.1. The molecule has 0 saturated heterocycles. The number of rotatable bonds is 6. The third-order valence-electron chi connectivity index (χ3n) is 1.95. The van der Waals surface area contributed by atoms with Crippen LogP contribution in [-0.2, 0) is 18.8 Å². The first-order valence-corrected chi connectivity index (χ1v) is 9.25. The minimum absolute atomic E-state index is 0.213. The molecule has 18 heavy (non-hydrogen) atoms. The van der Waals surface area contributed by atoms with Crippen LogP contribution in [0.5, 0.6) is 0 Å². The van der Waals surface area contributed by atoms with Gasteiger partial charge in [0, 0.05) is 25.7 Å². The largest absolute Gasteiger partial charge is 0.460 e. The lowest BCUT2D eigenvalue weighted by atomic mass is 10.3. The van der Waals surface area contributed by atoms with E-state index in [4.69, 9.17) is 9.16 Å². The summed E-state index contributed by atoms with van der Waals surface area (Å²) in [6.45, 7) is 8.37. The Hall–Kier alpha value is -1.14. The molecule has 1 amide bonds. The molecular formula is C12H23NO4Si. The van der Waals surface area contributed by atoms with Crippen molar-refractivity contribution in [3.8, 4) is 0 Å². The predicted molar refractivity (Wildman–Crippen MR) is 72.7 cm³/mol. The van der Waals surface area contributed by atoms with Gasteiger partial charge in [-0.15, -0.1) is 0 Å². The van der Waals surface area contributed by atoms with Crippen molar-refractivity contribution < 1.29 is 18.8 Å². The molecule has 0 fully saturated rings. The number of carbonyl (C=O) groups is 2. The van der Waals surface area contributed by atoms with Crippen molar-refractivity contribution in [1.29, 1.82) is 0 Å². The summed E-state index contributed by atoms with van der Waals surface area (Å²) in [4.78, 5) is 24.3. The zero-order chi connectivity index (χ0) is 14.3. The molecule has 6 heteroatoms. The lowest BCUT2D eigenvalue weighted by Crippen LogP contribution is -2.28. The van der Waals surface area contributed by atoms with Crippen LogP contribution >= 0.6 is 0 Å². The highest BCUT2D eigenvalue weighted by Crippen LogP contribution is 2.03. The minimum atomic E-state index is -1.56. The van der Waals surface area contributed by atoms with Gasteiger partial charge in [-0.1, -0.05) is 0 Å². The van der Waals surface area contributed by atoms with Crippen LogP contribution in [0.3, 0.4) is 0 Å². The molecule has 0 heterocycles. The molecule has 0 atom stereocenters. The molecule has 104 valence electrons. The molecule has 0 aliphatic rings. The third-order valence-corrected chi connectivity index (χ3v) is 3.02. The van der Waals surface area contributed by atoms with Crippen molar-refractivity contribution in [2.24, 2.45) is 0 Å². The normalized spacial score (nSPS) is 12.2. The van der Waals surface area contributed by atoms with Crippen LogP contribution in [0.15, 0.2) is 11.6 Å². The van der Waals surface area contributed by atoms with Gasteiger partial charge in [0.1, 0.15) is 6.61 Å². The van der Waals surface area contributed by atoms with Gasteiger partial charge in [-0.05, 0) is 26.6 Å². The average Bonchev–Trinajstić information content (AvgIpc) is 2.22. The summed E-state index contributed by atoms with van der Waals surface area (Å²) in [6, 6.07) is 0. The van der Waals surface area contributed by atoms with E-state index in [2.05, 4.69) is 19.6 Å². The molecule has 0 radical (unpaired) electrons. The number of nitrogens with zero attached hydrogens (tertiary/aromatic N) is 1. The van der Waals surface area contributed by atoms with E-state index >= 15 is 0 Å². The first kappa shape index (κ1) is 16.9. The molecule has 0 aromatic heterocycles. The number of hydrogen-bond donors (Lipinski definition) is 0. The molecule has 0 spiro atoms. The molecule has 0 aromatic carbocycles. The Kier molecular flexibility index (Phi) is 6.86. The van der Waals surface area contributed by atoms with Crippen molar-refractivity contribution in [3.05, 3.63) is 11.6 Å². The fourth-order valence-corrected chi connectivity index (χ4v) is 1.66. The predicted octanol–water partition coefficient (Wildman–Crippen LogP) is 1.42. The van der Waals surface area contributed by atoms with Crippen LogP contribution in [0.2, 0.25) is 19.6 Å². The first-order chi connectivity index (χ1) is 8.13. The molecule has 0 aliphatic carbocycles. The Morgan fingerprint density at radius 2 is 1.72 bits per heavy atom. The average molecular weight is 273 g/mol. The molecule has 0 bridgehead atoms. The summed E-state index contributed by atoms with van der Waals surface area (Å²) in [5, 5.41) is 0.